The molecule has 0 spiro atoms. The summed E-state index contributed by atoms with van der Waals surface area (Å²) in [6.45, 7) is 1.79. The summed E-state index contributed by atoms with van der Waals surface area (Å²) >= 11 is 0. The number of pyridine rings is 1. The summed E-state index contributed by atoms with van der Waals surface area (Å²) in [5.74, 6) is -0.191. The number of carbonyl (C=O) groups excluding carboxylic acids is 2. The van der Waals surface area contributed by atoms with Gasteiger partial charge in [-0.2, -0.15) is 5.26 Å². The number of carbonyl (C=O) groups is 2. The third-order valence-corrected chi connectivity index (χ3v) is 6.10. The molecule has 1 unspecified atom stereocenters. The first-order chi connectivity index (χ1) is 17.6. The minimum Gasteiger partial charge on any atom is -0.385 e. The topological polar surface area (TPSA) is 98.6 Å². The molecule has 2 aromatic carbocycles. The van der Waals surface area contributed by atoms with E-state index in [0.29, 0.717) is 37.4 Å². The molecule has 0 saturated carbocycles. The molecular formula is C28H29N5O3. The van der Waals surface area contributed by atoms with Gasteiger partial charge in [0.05, 0.1) is 12.5 Å². The number of hydrogen-bond acceptors (Lipinski definition) is 6. The Balaban J connectivity index is 1.56. The fourth-order valence-corrected chi connectivity index (χ4v) is 4.37. The van der Waals surface area contributed by atoms with Crippen LogP contribution in [-0.2, 0) is 11.3 Å². The zero-order valence-corrected chi connectivity index (χ0v) is 20.3. The lowest BCUT2D eigenvalue weighted by atomic mass is 10.1. The lowest BCUT2D eigenvalue weighted by Gasteiger charge is -2.27. The molecule has 1 atom stereocenters. The average molecular weight is 484 g/mol. The number of anilines is 1. The van der Waals surface area contributed by atoms with E-state index in [2.05, 4.69) is 16.4 Å². The predicted molar refractivity (Wildman–Crippen MR) is 136 cm³/mol. The lowest BCUT2D eigenvalue weighted by molar-refractivity contribution is 0.0718. The molecule has 3 aromatic rings. The zero-order valence-electron chi connectivity index (χ0n) is 20.3. The molecule has 0 fully saturated rings. The van der Waals surface area contributed by atoms with Gasteiger partial charge < -0.3 is 19.9 Å². The average Bonchev–Trinajstić information content (AvgIpc) is 3.17. The summed E-state index contributed by atoms with van der Waals surface area (Å²) in [6.07, 6.45) is 4.01. The zero-order chi connectivity index (χ0) is 25.3. The number of hydrogen-bond donors (Lipinski definition) is 1. The van der Waals surface area contributed by atoms with Gasteiger partial charge in [-0.25, -0.2) is 0 Å². The number of fused-ring (bicyclic) bond motifs is 1. The predicted octanol–water partition coefficient (Wildman–Crippen LogP) is 4.24. The summed E-state index contributed by atoms with van der Waals surface area (Å²) < 4.78 is 5.18. The smallest absolute Gasteiger partial charge is 0.256 e. The van der Waals surface area contributed by atoms with Crippen LogP contribution in [0.25, 0.3) is 0 Å². The SMILES string of the molecule is COCCCN1C(=O)c2ccccc2C1Nc1cccc(C(=O)N(CCC#N)Cc2cccnc2)c1. The Morgan fingerprint density at radius 1 is 1.19 bits per heavy atom. The molecule has 1 aliphatic heterocycles. The summed E-state index contributed by atoms with van der Waals surface area (Å²) in [5.41, 5.74) is 3.72. The van der Waals surface area contributed by atoms with E-state index in [1.54, 1.807) is 41.4 Å². The van der Waals surface area contributed by atoms with Crippen molar-refractivity contribution in [3.63, 3.8) is 0 Å². The molecule has 8 nitrogen and oxygen atoms in total. The van der Waals surface area contributed by atoms with E-state index in [0.717, 1.165) is 23.2 Å². The fraction of sp³-hybridized carbons (Fsp3) is 0.286. The minimum atomic E-state index is -0.346. The molecule has 8 heteroatoms. The Hall–Kier alpha value is -4.22. The number of nitriles is 1. The molecule has 4 rings (SSSR count). The maximum absolute atomic E-state index is 13.4. The third kappa shape index (κ3) is 5.70. The van der Waals surface area contributed by atoms with Gasteiger partial charge in [0, 0.05) is 68.1 Å². The number of rotatable bonds is 11. The molecule has 184 valence electrons. The standard InChI is InChI=1S/C28H29N5O3/c1-36-17-7-16-33-26(24-11-2-3-12-25(24)28(33)35)31-23-10-4-9-22(18-23)27(34)32(15-6-13-29)20-21-8-5-14-30-19-21/h2-5,8-12,14,18-19,26,31H,6-7,15-17,20H2,1H3. The minimum absolute atomic E-state index is 0.0226. The van der Waals surface area contributed by atoms with E-state index in [1.807, 2.05) is 48.5 Å². The van der Waals surface area contributed by atoms with E-state index in [1.165, 1.54) is 0 Å². The van der Waals surface area contributed by atoms with Crippen LogP contribution in [0.2, 0.25) is 0 Å². The fourth-order valence-electron chi connectivity index (χ4n) is 4.37. The number of methoxy groups -OCH3 is 1. The van der Waals surface area contributed by atoms with Crippen LogP contribution < -0.4 is 5.32 Å². The number of aromatic nitrogens is 1. The van der Waals surface area contributed by atoms with Crippen molar-refractivity contribution in [3.05, 3.63) is 95.3 Å². The van der Waals surface area contributed by atoms with Gasteiger partial charge in [0.25, 0.3) is 11.8 Å². The molecule has 0 saturated heterocycles. The van der Waals surface area contributed by atoms with Gasteiger partial charge >= 0.3 is 0 Å². The van der Waals surface area contributed by atoms with Gasteiger partial charge in [0.15, 0.2) is 0 Å². The number of nitrogens with one attached hydrogen (secondary N) is 1. The Morgan fingerprint density at radius 2 is 2.06 bits per heavy atom. The summed E-state index contributed by atoms with van der Waals surface area (Å²) in [5, 5.41) is 12.6. The van der Waals surface area contributed by atoms with Crippen molar-refractivity contribution in [2.45, 2.75) is 25.6 Å². The largest absolute Gasteiger partial charge is 0.385 e. The second-order valence-corrected chi connectivity index (χ2v) is 8.56. The van der Waals surface area contributed by atoms with Crippen molar-refractivity contribution in [1.82, 2.24) is 14.8 Å². The lowest BCUT2D eigenvalue weighted by Crippen LogP contribution is -2.34. The molecule has 2 heterocycles. The van der Waals surface area contributed by atoms with Crippen molar-refractivity contribution in [1.29, 1.82) is 5.26 Å². The number of nitrogens with zero attached hydrogens (tertiary/aromatic N) is 4. The van der Waals surface area contributed by atoms with E-state index in [9.17, 15) is 9.59 Å². The number of ether oxygens (including phenoxy) is 1. The summed E-state index contributed by atoms with van der Waals surface area (Å²) in [4.78, 5) is 34.1. The maximum atomic E-state index is 13.4. The molecule has 0 radical (unpaired) electrons. The first kappa shape index (κ1) is 24.9. The third-order valence-electron chi connectivity index (χ3n) is 6.10. The van der Waals surface area contributed by atoms with Crippen LogP contribution in [0.4, 0.5) is 5.69 Å². The van der Waals surface area contributed by atoms with Gasteiger partial charge in [-0.1, -0.05) is 30.3 Å². The molecular weight excluding hydrogens is 454 g/mol. The molecule has 1 aliphatic rings. The van der Waals surface area contributed by atoms with E-state index >= 15 is 0 Å². The van der Waals surface area contributed by atoms with E-state index < -0.39 is 0 Å². The van der Waals surface area contributed by atoms with Gasteiger partial charge in [-0.3, -0.25) is 14.6 Å². The molecule has 2 amide bonds. The first-order valence-electron chi connectivity index (χ1n) is 11.9. The summed E-state index contributed by atoms with van der Waals surface area (Å²) in [7, 11) is 1.65. The normalized spacial score (nSPS) is 14.3. The molecule has 0 aliphatic carbocycles. The van der Waals surface area contributed by atoms with Crippen LogP contribution in [0.3, 0.4) is 0 Å². The van der Waals surface area contributed by atoms with Gasteiger partial charge in [0.1, 0.15) is 6.17 Å². The van der Waals surface area contributed by atoms with E-state index in [4.69, 9.17) is 10.00 Å². The highest BCUT2D eigenvalue weighted by molar-refractivity contribution is 5.99. The molecule has 36 heavy (non-hydrogen) atoms. The quantitative estimate of drug-likeness (QED) is 0.410. The first-order valence-corrected chi connectivity index (χ1v) is 11.9. The highest BCUT2D eigenvalue weighted by atomic mass is 16.5. The molecule has 1 N–H and O–H groups in total. The maximum Gasteiger partial charge on any atom is 0.256 e. The van der Waals surface area contributed by atoms with E-state index in [-0.39, 0.29) is 24.4 Å². The van der Waals surface area contributed by atoms with Crippen LogP contribution in [0.1, 0.15) is 50.9 Å². The Kier molecular flexibility index (Phi) is 8.27. The van der Waals surface area contributed by atoms with Crippen LogP contribution in [0.5, 0.6) is 0 Å². The Morgan fingerprint density at radius 3 is 2.83 bits per heavy atom. The monoisotopic (exact) mass is 483 g/mol. The van der Waals surface area contributed by atoms with Crippen LogP contribution in [-0.4, -0.2) is 53.4 Å². The van der Waals surface area contributed by atoms with Crippen molar-refractivity contribution in [2.75, 3.05) is 32.1 Å². The van der Waals surface area contributed by atoms with Gasteiger partial charge in [0.2, 0.25) is 0 Å². The molecule has 0 bridgehead atoms. The second-order valence-electron chi connectivity index (χ2n) is 8.56. The van der Waals surface area contributed by atoms with Gasteiger partial charge in [-0.15, -0.1) is 0 Å². The van der Waals surface area contributed by atoms with Gasteiger partial charge in [-0.05, 0) is 42.3 Å². The Labute approximate surface area is 211 Å². The van der Waals surface area contributed by atoms with Crippen LogP contribution in [0.15, 0.2) is 73.1 Å². The highest BCUT2D eigenvalue weighted by Gasteiger charge is 2.36. The molecule has 1 aromatic heterocycles. The van der Waals surface area contributed by atoms with Crippen molar-refractivity contribution >= 4 is 17.5 Å². The number of amides is 2. The van der Waals surface area contributed by atoms with Crippen LogP contribution in [0, 0.1) is 11.3 Å². The second kappa shape index (κ2) is 12.0. The number of benzene rings is 2. The summed E-state index contributed by atoms with van der Waals surface area (Å²) in [6, 6.07) is 20.7. The van der Waals surface area contributed by atoms with Crippen molar-refractivity contribution < 1.29 is 14.3 Å². The van der Waals surface area contributed by atoms with Crippen molar-refractivity contribution in [3.8, 4) is 6.07 Å². The van der Waals surface area contributed by atoms with Crippen molar-refractivity contribution in [2.24, 2.45) is 0 Å². The Bertz CT molecular complexity index is 1240. The van der Waals surface area contributed by atoms with Crippen LogP contribution >= 0.6 is 0 Å². The highest BCUT2D eigenvalue weighted by Crippen LogP contribution is 2.34.